The fourth-order valence-corrected chi connectivity index (χ4v) is 4.23. The van der Waals surface area contributed by atoms with E-state index in [1.165, 1.54) is 5.56 Å². The number of hydrogen-bond donors (Lipinski definition) is 0. The zero-order valence-electron chi connectivity index (χ0n) is 18.5. The van der Waals surface area contributed by atoms with E-state index in [1.807, 2.05) is 66.0 Å². The molecule has 3 heterocycles. The van der Waals surface area contributed by atoms with Gasteiger partial charge >= 0.3 is 0 Å². The summed E-state index contributed by atoms with van der Waals surface area (Å²) in [6, 6.07) is 11.8. The lowest BCUT2D eigenvalue weighted by atomic mass is 10.1. The summed E-state index contributed by atoms with van der Waals surface area (Å²) in [4.78, 5) is 21.2. The predicted molar refractivity (Wildman–Crippen MR) is 127 cm³/mol. The normalized spacial score (nSPS) is 14.9. The summed E-state index contributed by atoms with van der Waals surface area (Å²) in [6.45, 7) is 8.66. The summed E-state index contributed by atoms with van der Waals surface area (Å²) in [5, 5.41) is 5.39. The summed E-state index contributed by atoms with van der Waals surface area (Å²) in [6.07, 6.45) is 7.26. The van der Waals surface area contributed by atoms with Crippen LogP contribution < -0.4 is 0 Å². The fraction of sp³-hybridized carbons (Fsp3) is 0.320. The third-order valence-corrected chi connectivity index (χ3v) is 6.29. The molecule has 1 aliphatic rings. The highest BCUT2D eigenvalue weighted by atomic mass is 35.5. The van der Waals surface area contributed by atoms with Crippen LogP contribution in [-0.4, -0.2) is 56.7 Å². The molecule has 0 N–H and O–H groups in total. The molecule has 1 amide bonds. The molecule has 1 aromatic carbocycles. The second kappa shape index (κ2) is 10.1. The Morgan fingerprint density at radius 3 is 2.56 bits per heavy atom. The number of hydrogen-bond acceptors (Lipinski definition) is 4. The van der Waals surface area contributed by atoms with E-state index < -0.39 is 0 Å². The van der Waals surface area contributed by atoms with E-state index in [2.05, 4.69) is 21.0 Å². The summed E-state index contributed by atoms with van der Waals surface area (Å²) < 4.78 is 1.94. The number of pyridine rings is 1. The van der Waals surface area contributed by atoms with Crippen LogP contribution in [0.2, 0.25) is 5.02 Å². The van der Waals surface area contributed by atoms with Gasteiger partial charge in [-0.2, -0.15) is 5.10 Å². The van der Waals surface area contributed by atoms with Gasteiger partial charge in [-0.1, -0.05) is 35.9 Å². The van der Waals surface area contributed by atoms with Crippen molar-refractivity contribution >= 4 is 23.6 Å². The van der Waals surface area contributed by atoms with Crippen LogP contribution in [0.5, 0.6) is 0 Å². The fourth-order valence-electron chi connectivity index (χ4n) is 4.03. The lowest BCUT2D eigenvalue weighted by molar-refractivity contribution is -0.127. The third kappa shape index (κ3) is 5.26. The molecule has 0 aliphatic carbocycles. The number of piperazine rings is 1. The highest BCUT2D eigenvalue weighted by molar-refractivity contribution is 6.31. The maximum Gasteiger partial charge on any atom is 0.246 e. The largest absolute Gasteiger partial charge is 0.337 e. The number of carbonyl (C=O) groups is 1. The quantitative estimate of drug-likeness (QED) is 0.534. The molecule has 4 rings (SSSR count). The summed E-state index contributed by atoms with van der Waals surface area (Å²) in [5.41, 5.74) is 5.13. The van der Waals surface area contributed by atoms with Crippen molar-refractivity contribution in [1.29, 1.82) is 0 Å². The van der Waals surface area contributed by atoms with Gasteiger partial charge in [-0.25, -0.2) is 0 Å². The van der Waals surface area contributed by atoms with Gasteiger partial charge in [-0.15, -0.1) is 0 Å². The lowest BCUT2D eigenvalue weighted by Crippen LogP contribution is -2.47. The average molecular weight is 450 g/mol. The second-order valence-corrected chi connectivity index (χ2v) is 8.54. The highest BCUT2D eigenvalue weighted by Crippen LogP contribution is 2.20. The molecule has 1 fully saturated rings. The molecule has 7 heteroatoms. The molecule has 1 saturated heterocycles. The SMILES string of the molecule is Cc1nn(Cc2ccccc2Cl)c(C)c1/C=C/C(=O)N1CCN(Cc2cccnc2)CC1. The van der Waals surface area contributed by atoms with Gasteiger partial charge < -0.3 is 4.90 Å². The Morgan fingerprint density at radius 2 is 1.84 bits per heavy atom. The second-order valence-electron chi connectivity index (χ2n) is 8.13. The smallest absolute Gasteiger partial charge is 0.246 e. The van der Waals surface area contributed by atoms with E-state index in [1.54, 1.807) is 12.3 Å². The van der Waals surface area contributed by atoms with Crippen molar-refractivity contribution in [1.82, 2.24) is 24.6 Å². The molecule has 0 spiro atoms. The minimum absolute atomic E-state index is 0.0451. The van der Waals surface area contributed by atoms with Crippen molar-refractivity contribution < 1.29 is 4.79 Å². The van der Waals surface area contributed by atoms with Crippen LogP contribution >= 0.6 is 11.6 Å². The van der Waals surface area contributed by atoms with Gasteiger partial charge in [-0.05, 0) is 43.2 Å². The van der Waals surface area contributed by atoms with Gasteiger partial charge in [0.1, 0.15) is 0 Å². The van der Waals surface area contributed by atoms with E-state index in [4.69, 9.17) is 11.6 Å². The first-order valence-electron chi connectivity index (χ1n) is 10.9. The van der Waals surface area contributed by atoms with E-state index in [0.29, 0.717) is 6.54 Å². The van der Waals surface area contributed by atoms with Crippen molar-refractivity contribution in [3.63, 3.8) is 0 Å². The maximum atomic E-state index is 12.8. The van der Waals surface area contributed by atoms with Crippen molar-refractivity contribution in [2.75, 3.05) is 26.2 Å². The number of aromatic nitrogens is 3. The molecule has 1 aliphatic heterocycles. The minimum Gasteiger partial charge on any atom is -0.337 e. The summed E-state index contributed by atoms with van der Waals surface area (Å²) >= 11 is 6.31. The van der Waals surface area contributed by atoms with Crippen LogP contribution in [0.15, 0.2) is 54.9 Å². The number of halogens is 1. The molecule has 0 atom stereocenters. The monoisotopic (exact) mass is 449 g/mol. The van der Waals surface area contributed by atoms with Gasteiger partial charge in [0, 0.05) is 67.5 Å². The molecule has 0 bridgehead atoms. The van der Waals surface area contributed by atoms with Gasteiger partial charge in [0.15, 0.2) is 0 Å². The number of benzene rings is 1. The Morgan fingerprint density at radius 1 is 1.06 bits per heavy atom. The van der Waals surface area contributed by atoms with Gasteiger partial charge in [0.2, 0.25) is 5.91 Å². The standard InChI is InChI=1S/C25H28ClN5O/c1-19-23(20(2)31(28-19)18-22-7-3-4-8-24(22)26)9-10-25(32)30-14-12-29(13-15-30)17-21-6-5-11-27-16-21/h3-11,16H,12-15,17-18H2,1-2H3/b10-9+. The number of aryl methyl sites for hydroxylation is 1. The van der Waals surface area contributed by atoms with Crippen molar-refractivity contribution in [2.24, 2.45) is 0 Å². The first kappa shape index (κ1) is 22.2. The summed E-state index contributed by atoms with van der Waals surface area (Å²) in [7, 11) is 0. The Kier molecular flexibility index (Phi) is 7.02. The van der Waals surface area contributed by atoms with Crippen molar-refractivity contribution in [3.8, 4) is 0 Å². The number of carbonyl (C=O) groups excluding carboxylic acids is 1. The van der Waals surface area contributed by atoms with E-state index >= 15 is 0 Å². The Balaban J connectivity index is 1.36. The van der Waals surface area contributed by atoms with Crippen LogP contribution in [0.25, 0.3) is 6.08 Å². The van der Waals surface area contributed by atoms with Crippen LogP contribution in [0.4, 0.5) is 0 Å². The molecule has 0 unspecified atom stereocenters. The van der Waals surface area contributed by atoms with Crippen LogP contribution in [-0.2, 0) is 17.9 Å². The molecule has 2 aromatic heterocycles. The summed E-state index contributed by atoms with van der Waals surface area (Å²) in [5.74, 6) is 0.0451. The van der Waals surface area contributed by atoms with Crippen molar-refractivity contribution in [3.05, 3.63) is 88.0 Å². The van der Waals surface area contributed by atoms with Gasteiger partial charge in [0.05, 0.1) is 12.2 Å². The minimum atomic E-state index is 0.0451. The van der Waals surface area contributed by atoms with Gasteiger partial charge in [0.25, 0.3) is 0 Å². The molecule has 166 valence electrons. The third-order valence-electron chi connectivity index (χ3n) is 5.92. The Hall–Kier alpha value is -2.96. The van der Waals surface area contributed by atoms with Crippen LogP contribution in [0.1, 0.15) is 28.1 Å². The number of amides is 1. The van der Waals surface area contributed by atoms with Gasteiger partial charge in [-0.3, -0.25) is 19.4 Å². The van der Waals surface area contributed by atoms with Crippen LogP contribution in [0.3, 0.4) is 0 Å². The maximum absolute atomic E-state index is 12.8. The molecular weight excluding hydrogens is 422 g/mol. The molecule has 0 saturated carbocycles. The average Bonchev–Trinajstić information content (AvgIpc) is 3.07. The Labute approximate surface area is 194 Å². The Bertz CT molecular complexity index is 1100. The van der Waals surface area contributed by atoms with Crippen LogP contribution in [0, 0.1) is 13.8 Å². The number of nitrogens with zero attached hydrogens (tertiary/aromatic N) is 5. The molecular formula is C25H28ClN5O. The first-order valence-corrected chi connectivity index (χ1v) is 11.2. The predicted octanol–water partition coefficient (Wildman–Crippen LogP) is 3.95. The number of rotatable bonds is 6. The van der Waals surface area contributed by atoms with E-state index in [9.17, 15) is 4.79 Å². The first-order chi connectivity index (χ1) is 15.5. The molecule has 0 radical (unpaired) electrons. The molecule has 3 aromatic rings. The lowest BCUT2D eigenvalue weighted by Gasteiger charge is -2.34. The zero-order valence-corrected chi connectivity index (χ0v) is 19.3. The zero-order chi connectivity index (χ0) is 22.5. The van der Waals surface area contributed by atoms with Crippen molar-refractivity contribution in [2.45, 2.75) is 26.9 Å². The topological polar surface area (TPSA) is 54.3 Å². The highest BCUT2D eigenvalue weighted by Gasteiger charge is 2.20. The molecule has 32 heavy (non-hydrogen) atoms. The van der Waals surface area contributed by atoms with E-state index in [0.717, 1.165) is 60.3 Å². The van der Waals surface area contributed by atoms with E-state index in [-0.39, 0.29) is 5.91 Å². The molecule has 6 nitrogen and oxygen atoms in total.